The largest absolute Gasteiger partial charge is 0.378 e. The van der Waals surface area contributed by atoms with Gasteiger partial charge in [0.2, 0.25) is 15.9 Å². The second-order valence-corrected chi connectivity index (χ2v) is 8.91. The summed E-state index contributed by atoms with van der Waals surface area (Å²) in [5, 5.41) is 2.84. The molecular formula is C21H27N3O4S. The molecule has 1 fully saturated rings. The molecule has 1 unspecified atom stereocenters. The molecule has 1 amide bonds. The van der Waals surface area contributed by atoms with Crippen LogP contribution in [0.1, 0.15) is 12.5 Å². The number of hydrogen-bond acceptors (Lipinski definition) is 5. The Kier molecular flexibility index (Phi) is 6.76. The van der Waals surface area contributed by atoms with Crippen LogP contribution in [0.2, 0.25) is 0 Å². The quantitative estimate of drug-likeness (QED) is 0.745. The van der Waals surface area contributed by atoms with Crippen molar-refractivity contribution >= 4 is 27.3 Å². The number of carbonyl (C=O) groups is 1. The maximum atomic E-state index is 12.7. The van der Waals surface area contributed by atoms with Crippen LogP contribution in [-0.4, -0.2) is 52.9 Å². The molecule has 8 heteroatoms. The van der Waals surface area contributed by atoms with E-state index in [9.17, 15) is 13.2 Å². The molecule has 0 aliphatic carbocycles. The molecule has 1 saturated heterocycles. The maximum absolute atomic E-state index is 12.7. The molecule has 1 heterocycles. The summed E-state index contributed by atoms with van der Waals surface area (Å²) >= 11 is 0. The summed E-state index contributed by atoms with van der Waals surface area (Å²) in [6.45, 7) is 5.12. The van der Waals surface area contributed by atoms with Crippen molar-refractivity contribution in [1.82, 2.24) is 5.32 Å². The molecule has 2 aromatic rings. The molecule has 29 heavy (non-hydrogen) atoms. The summed E-state index contributed by atoms with van der Waals surface area (Å²) in [7, 11) is -3.61. The lowest BCUT2D eigenvalue weighted by atomic mass is 10.1. The van der Waals surface area contributed by atoms with Gasteiger partial charge in [0.05, 0.1) is 25.2 Å². The van der Waals surface area contributed by atoms with Crippen LogP contribution in [0, 0.1) is 0 Å². The van der Waals surface area contributed by atoms with Crippen molar-refractivity contribution in [2.75, 3.05) is 41.8 Å². The third kappa shape index (κ3) is 5.48. The molecular weight excluding hydrogens is 390 g/mol. The summed E-state index contributed by atoms with van der Waals surface area (Å²) < 4.78 is 31.1. The Morgan fingerprint density at radius 3 is 2.31 bits per heavy atom. The molecule has 7 nitrogen and oxygen atoms in total. The van der Waals surface area contributed by atoms with Gasteiger partial charge in [-0.3, -0.25) is 9.10 Å². The maximum Gasteiger partial charge on any atom is 0.243 e. The monoisotopic (exact) mass is 417 g/mol. The predicted molar refractivity (Wildman–Crippen MR) is 115 cm³/mol. The number of benzene rings is 2. The molecule has 1 aliphatic heterocycles. The van der Waals surface area contributed by atoms with Crippen LogP contribution in [0.5, 0.6) is 0 Å². The first-order chi connectivity index (χ1) is 13.9. The first kappa shape index (κ1) is 21.1. The number of nitrogens with one attached hydrogen (secondary N) is 1. The van der Waals surface area contributed by atoms with E-state index in [4.69, 9.17) is 4.74 Å². The highest BCUT2D eigenvalue weighted by Gasteiger charge is 2.28. The number of hydrogen-bond donors (Lipinski definition) is 1. The lowest BCUT2D eigenvalue weighted by Gasteiger charge is -2.29. The van der Waals surface area contributed by atoms with E-state index >= 15 is 0 Å². The highest BCUT2D eigenvalue weighted by molar-refractivity contribution is 7.92. The van der Waals surface area contributed by atoms with E-state index in [-0.39, 0.29) is 5.91 Å². The molecule has 0 radical (unpaired) electrons. The van der Waals surface area contributed by atoms with Crippen LogP contribution in [0.4, 0.5) is 11.4 Å². The van der Waals surface area contributed by atoms with Gasteiger partial charge in [-0.15, -0.1) is 0 Å². The third-order valence-corrected chi connectivity index (χ3v) is 6.12. The lowest BCUT2D eigenvalue weighted by molar-refractivity contribution is -0.122. The average Bonchev–Trinajstić information content (AvgIpc) is 2.73. The van der Waals surface area contributed by atoms with Gasteiger partial charge in [0.25, 0.3) is 0 Å². The second kappa shape index (κ2) is 9.28. The van der Waals surface area contributed by atoms with Crippen molar-refractivity contribution in [3.05, 3.63) is 60.2 Å². The number of nitrogens with zero attached hydrogens (tertiary/aromatic N) is 2. The van der Waals surface area contributed by atoms with E-state index in [1.165, 1.54) is 0 Å². The molecule has 156 valence electrons. The van der Waals surface area contributed by atoms with Gasteiger partial charge in [0.15, 0.2) is 0 Å². The molecule has 0 bridgehead atoms. The predicted octanol–water partition coefficient (Wildman–Crippen LogP) is 1.99. The number of anilines is 2. The number of rotatable bonds is 7. The van der Waals surface area contributed by atoms with Crippen LogP contribution < -0.4 is 14.5 Å². The minimum atomic E-state index is -3.61. The van der Waals surface area contributed by atoms with E-state index in [1.54, 1.807) is 37.3 Å². The van der Waals surface area contributed by atoms with E-state index in [0.29, 0.717) is 12.2 Å². The Morgan fingerprint density at radius 2 is 1.72 bits per heavy atom. The summed E-state index contributed by atoms with van der Waals surface area (Å²) in [4.78, 5) is 14.9. The number of amides is 1. The van der Waals surface area contributed by atoms with Gasteiger partial charge >= 0.3 is 0 Å². The van der Waals surface area contributed by atoms with Crippen LogP contribution in [-0.2, 0) is 26.1 Å². The normalized spacial score (nSPS) is 15.6. The SMILES string of the molecule is CC(C(=O)NCc1ccc(N2CCOCC2)cc1)N(c1ccccc1)S(C)(=O)=O. The van der Waals surface area contributed by atoms with Gasteiger partial charge in [0, 0.05) is 25.3 Å². The first-order valence-corrected chi connectivity index (χ1v) is 11.4. The zero-order chi connectivity index (χ0) is 20.9. The van der Waals surface area contributed by atoms with Gasteiger partial charge < -0.3 is 15.0 Å². The summed E-state index contributed by atoms with van der Waals surface area (Å²) in [5.74, 6) is -0.350. The molecule has 1 N–H and O–H groups in total. The zero-order valence-electron chi connectivity index (χ0n) is 16.7. The van der Waals surface area contributed by atoms with Gasteiger partial charge in [-0.05, 0) is 36.8 Å². The highest BCUT2D eigenvalue weighted by atomic mass is 32.2. The number of para-hydroxylation sites is 1. The van der Waals surface area contributed by atoms with Gasteiger partial charge in [-0.2, -0.15) is 0 Å². The van der Waals surface area contributed by atoms with Crippen LogP contribution >= 0.6 is 0 Å². The van der Waals surface area contributed by atoms with E-state index < -0.39 is 16.1 Å². The summed E-state index contributed by atoms with van der Waals surface area (Å²) in [6.07, 6.45) is 1.11. The Morgan fingerprint density at radius 1 is 1.10 bits per heavy atom. The smallest absolute Gasteiger partial charge is 0.243 e. The second-order valence-electron chi connectivity index (χ2n) is 7.05. The van der Waals surface area contributed by atoms with Gasteiger partial charge in [0.1, 0.15) is 6.04 Å². The molecule has 0 aromatic heterocycles. The van der Waals surface area contributed by atoms with Crippen LogP contribution in [0.25, 0.3) is 0 Å². The van der Waals surface area contributed by atoms with Crippen molar-refractivity contribution in [2.45, 2.75) is 19.5 Å². The zero-order valence-corrected chi connectivity index (χ0v) is 17.6. The first-order valence-electron chi connectivity index (χ1n) is 9.60. The standard InChI is InChI=1S/C21H27N3O4S/c1-17(24(29(2,26)27)20-6-4-3-5-7-20)21(25)22-16-18-8-10-19(11-9-18)23-12-14-28-15-13-23/h3-11,17H,12-16H2,1-2H3,(H,22,25). The van der Waals surface area contributed by atoms with Crippen molar-refractivity contribution < 1.29 is 17.9 Å². The fourth-order valence-corrected chi connectivity index (χ4v) is 4.54. The van der Waals surface area contributed by atoms with E-state index in [1.807, 2.05) is 24.3 Å². The van der Waals surface area contributed by atoms with Gasteiger partial charge in [-0.25, -0.2) is 8.42 Å². The van der Waals surface area contributed by atoms with Crippen molar-refractivity contribution in [1.29, 1.82) is 0 Å². The third-order valence-electron chi connectivity index (χ3n) is 4.88. The Labute approximate surface area is 172 Å². The fourth-order valence-electron chi connectivity index (χ4n) is 3.37. The molecule has 1 atom stereocenters. The number of morpholine rings is 1. The molecule has 0 spiro atoms. The summed E-state index contributed by atoms with van der Waals surface area (Å²) in [6, 6.07) is 15.8. The molecule has 1 aliphatic rings. The topological polar surface area (TPSA) is 79.0 Å². The minimum Gasteiger partial charge on any atom is -0.378 e. The minimum absolute atomic E-state index is 0.332. The summed E-state index contributed by atoms with van der Waals surface area (Å²) in [5.41, 5.74) is 2.55. The Bertz CT molecular complexity index is 911. The van der Waals surface area contributed by atoms with Gasteiger partial charge in [-0.1, -0.05) is 30.3 Å². The van der Waals surface area contributed by atoms with Crippen LogP contribution in [0.3, 0.4) is 0 Å². The number of carbonyl (C=O) groups excluding carboxylic acids is 1. The number of ether oxygens (including phenoxy) is 1. The number of sulfonamides is 1. The Hall–Kier alpha value is -2.58. The highest BCUT2D eigenvalue weighted by Crippen LogP contribution is 2.20. The van der Waals surface area contributed by atoms with E-state index in [2.05, 4.69) is 10.2 Å². The van der Waals surface area contributed by atoms with E-state index in [0.717, 1.165) is 48.1 Å². The molecule has 0 saturated carbocycles. The molecule has 2 aromatic carbocycles. The lowest BCUT2D eigenvalue weighted by Crippen LogP contribution is -2.47. The fraction of sp³-hybridized carbons (Fsp3) is 0.381. The molecule has 3 rings (SSSR count). The van der Waals surface area contributed by atoms with Crippen molar-refractivity contribution in [2.24, 2.45) is 0 Å². The van der Waals surface area contributed by atoms with Crippen molar-refractivity contribution in [3.63, 3.8) is 0 Å². The van der Waals surface area contributed by atoms with Crippen molar-refractivity contribution in [3.8, 4) is 0 Å². The average molecular weight is 418 g/mol. The Balaban J connectivity index is 1.63. The van der Waals surface area contributed by atoms with Crippen LogP contribution in [0.15, 0.2) is 54.6 Å².